The molecule has 1 aromatic carbocycles. The molecule has 1 unspecified atom stereocenters. The van der Waals surface area contributed by atoms with Gasteiger partial charge in [0.1, 0.15) is 0 Å². The van der Waals surface area contributed by atoms with Crippen molar-refractivity contribution in [2.45, 2.75) is 26.2 Å². The van der Waals surface area contributed by atoms with E-state index in [-0.39, 0.29) is 5.91 Å². The van der Waals surface area contributed by atoms with E-state index < -0.39 is 0 Å². The van der Waals surface area contributed by atoms with Crippen LogP contribution in [0.1, 0.15) is 25.3 Å². The molecule has 1 aliphatic rings. The van der Waals surface area contributed by atoms with Crippen molar-refractivity contribution in [1.29, 1.82) is 0 Å². The molecule has 2 heterocycles. The lowest BCUT2D eigenvalue weighted by atomic mass is 10.0. The van der Waals surface area contributed by atoms with Crippen LogP contribution in [0, 0.1) is 5.92 Å². The van der Waals surface area contributed by atoms with Crippen molar-refractivity contribution >= 4 is 33.5 Å². The van der Waals surface area contributed by atoms with Gasteiger partial charge in [-0.3, -0.25) is 4.79 Å². The number of halogens is 1. The zero-order valence-corrected chi connectivity index (χ0v) is 15.3. The van der Waals surface area contributed by atoms with Crippen LogP contribution in [-0.2, 0) is 11.2 Å². The van der Waals surface area contributed by atoms with Crippen LogP contribution >= 0.6 is 15.9 Å². The van der Waals surface area contributed by atoms with Gasteiger partial charge >= 0.3 is 0 Å². The summed E-state index contributed by atoms with van der Waals surface area (Å²) in [5.74, 6) is 1.97. The molecule has 0 bridgehead atoms. The number of hydrogen-bond acceptors (Lipinski definition) is 4. The van der Waals surface area contributed by atoms with Gasteiger partial charge in [-0.2, -0.15) is 0 Å². The van der Waals surface area contributed by atoms with E-state index in [2.05, 4.69) is 43.3 Å². The van der Waals surface area contributed by atoms with Gasteiger partial charge in [0.15, 0.2) is 11.6 Å². The van der Waals surface area contributed by atoms with E-state index in [0.717, 1.165) is 28.9 Å². The highest BCUT2D eigenvalue weighted by Crippen LogP contribution is 2.21. The molecule has 126 valence electrons. The van der Waals surface area contributed by atoms with Gasteiger partial charge in [-0.25, -0.2) is 0 Å². The van der Waals surface area contributed by atoms with E-state index in [9.17, 15) is 4.79 Å². The first-order valence-electron chi connectivity index (χ1n) is 8.23. The number of carbonyl (C=O) groups excluding carboxylic acids is 1. The predicted octanol–water partition coefficient (Wildman–Crippen LogP) is 3.66. The molecule has 0 spiro atoms. The van der Waals surface area contributed by atoms with Gasteiger partial charge in [-0.15, -0.1) is 10.2 Å². The molecule has 0 saturated carbocycles. The Labute approximate surface area is 150 Å². The maximum Gasteiger partial charge on any atom is 0.229 e. The van der Waals surface area contributed by atoms with Gasteiger partial charge < -0.3 is 10.2 Å². The minimum Gasteiger partial charge on any atom is -0.355 e. The summed E-state index contributed by atoms with van der Waals surface area (Å²) in [6.07, 6.45) is 2.78. The molecule has 1 aromatic heterocycles. The number of hydrogen-bond donors (Lipinski definition) is 1. The van der Waals surface area contributed by atoms with Crippen LogP contribution < -0.4 is 10.2 Å². The van der Waals surface area contributed by atoms with Gasteiger partial charge in [-0.05, 0) is 48.6 Å². The Morgan fingerprint density at radius 2 is 2.04 bits per heavy atom. The Kier molecular flexibility index (Phi) is 5.45. The molecule has 1 fully saturated rings. The number of aromatic nitrogens is 2. The number of nitrogens with one attached hydrogen (secondary N) is 1. The number of benzene rings is 1. The van der Waals surface area contributed by atoms with Gasteiger partial charge in [0.25, 0.3) is 0 Å². The molecule has 3 rings (SSSR count). The molecule has 2 aromatic rings. The van der Waals surface area contributed by atoms with Crippen LogP contribution in [-0.4, -0.2) is 29.2 Å². The molecule has 1 saturated heterocycles. The van der Waals surface area contributed by atoms with Crippen molar-refractivity contribution in [3.63, 3.8) is 0 Å². The first-order chi connectivity index (χ1) is 11.6. The van der Waals surface area contributed by atoms with Gasteiger partial charge in [-0.1, -0.05) is 35.0 Å². The van der Waals surface area contributed by atoms with E-state index in [4.69, 9.17) is 0 Å². The summed E-state index contributed by atoms with van der Waals surface area (Å²) in [5.41, 5.74) is 0.961. The highest BCUT2D eigenvalue weighted by Gasteiger charge is 2.17. The average molecular weight is 389 g/mol. The van der Waals surface area contributed by atoms with E-state index in [0.29, 0.717) is 18.2 Å². The van der Waals surface area contributed by atoms with Crippen LogP contribution in [0.4, 0.5) is 11.6 Å². The Balaban J connectivity index is 1.57. The van der Waals surface area contributed by atoms with Crippen molar-refractivity contribution in [3.05, 3.63) is 46.4 Å². The molecular weight excluding hydrogens is 368 g/mol. The van der Waals surface area contributed by atoms with E-state index >= 15 is 0 Å². The highest BCUT2D eigenvalue weighted by molar-refractivity contribution is 9.10. The summed E-state index contributed by atoms with van der Waals surface area (Å²) in [6, 6.07) is 11.5. The fraction of sp³-hybridized carbons (Fsp3) is 0.389. The summed E-state index contributed by atoms with van der Waals surface area (Å²) in [6.45, 7) is 4.30. The maximum atomic E-state index is 12.1. The number of carbonyl (C=O) groups is 1. The number of piperidine rings is 1. The number of amides is 1. The number of rotatable bonds is 4. The summed E-state index contributed by atoms with van der Waals surface area (Å²) >= 11 is 3.39. The molecule has 6 heteroatoms. The lowest BCUT2D eigenvalue weighted by molar-refractivity contribution is -0.115. The zero-order valence-electron chi connectivity index (χ0n) is 13.7. The van der Waals surface area contributed by atoms with Crippen molar-refractivity contribution < 1.29 is 4.79 Å². The molecule has 0 radical (unpaired) electrons. The first-order valence-corrected chi connectivity index (χ1v) is 9.02. The summed E-state index contributed by atoms with van der Waals surface area (Å²) in [5, 5.41) is 11.2. The fourth-order valence-corrected chi connectivity index (χ4v) is 3.20. The normalized spacial score (nSPS) is 17.6. The molecule has 0 aliphatic carbocycles. The van der Waals surface area contributed by atoms with Gasteiger partial charge in [0, 0.05) is 17.6 Å². The Hall–Kier alpha value is -1.95. The van der Waals surface area contributed by atoms with Crippen LogP contribution in [0.15, 0.2) is 40.9 Å². The summed E-state index contributed by atoms with van der Waals surface area (Å²) in [7, 11) is 0. The van der Waals surface area contributed by atoms with Crippen molar-refractivity contribution in [2.75, 3.05) is 23.3 Å². The zero-order chi connectivity index (χ0) is 16.9. The van der Waals surface area contributed by atoms with Crippen LogP contribution in [0.25, 0.3) is 0 Å². The third kappa shape index (κ3) is 4.54. The molecule has 5 nitrogen and oxygen atoms in total. The van der Waals surface area contributed by atoms with Crippen molar-refractivity contribution in [3.8, 4) is 0 Å². The molecular formula is C18H21BrN4O. The minimum atomic E-state index is -0.0917. The largest absolute Gasteiger partial charge is 0.355 e. The van der Waals surface area contributed by atoms with E-state index in [1.54, 1.807) is 0 Å². The summed E-state index contributed by atoms with van der Waals surface area (Å²) in [4.78, 5) is 14.4. The highest BCUT2D eigenvalue weighted by atomic mass is 79.9. The molecule has 1 atom stereocenters. The molecule has 1 amide bonds. The Bertz CT molecular complexity index is 687. The SMILES string of the molecule is CC1CCCN(c2ccc(NC(=O)Cc3ccc(Br)cc3)nn2)C1. The van der Waals surface area contributed by atoms with E-state index in [1.807, 2.05) is 36.4 Å². The van der Waals surface area contributed by atoms with Crippen LogP contribution in [0.2, 0.25) is 0 Å². The second-order valence-corrected chi connectivity index (χ2v) is 7.24. The third-order valence-corrected chi connectivity index (χ3v) is 4.71. The topological polar surface area (TPSA) is 58.1 Å². The molecule has 1 aliphatic heterocycles. The predicted molar refractivity (Wildman–Crippen MR) is 99.1 cm³/mol. The lowest BCUT2D eigenvalue weighted by Gasteiger charge is -2.31. The number of anilines is 2. The Morgan fingerprint density at radius 3 is 2.71 bits per heavy atom. The standard InChI is InChI=1S/C18H21BrN4O/c1-13-3-2-10-23(12-13)17-9-8-16(21-22-17)20-18(24)11-14-4-6-15(19)7-5-14/h4-9,13H,2-3,10-12H2,1H3,(H,20,21,24). The van der Waals surface area contributed by atoms with E-state index in [1.165, 1.54) is 12.8 Å². The second-order valence-electron chi connectivity index (χ2n) is 6.32. The lowest BCUT2D eigenvalue weighted by Crippen LogP contribution is -2.34. The molecule has 1 N–H and O–H groups in total. The summed E-state index contributed by atoms with van der Waals surface area (Å²) < 4.78 is 1.00. The van der Waals surface area contributed by atoms with Crippen molar-refractivity contribution in [2.24, 2.45) is 5.92 Å². The van der Waals surface area contributed by atoms with Crippen LogP contribution in [0.3, 0.4) is 0 Å². The molecule has 24 heavy (non-hydrogen) atoms. The maximum absolute atomic E-state index is 12.1. The Morgan fingerprint density at radius 1 is 1.25 bits per heavy atom. The fourth-order valence-electron chi connectivity index (χ4n) is 2.93. The van der Waals surface area contributed by atoms with Crippen molar-refractivity contribution in [1.82, 2.24) is 10.2 Å². The first kappa shape index (κ1) is 16.9. The smallest absolute Gasteiger partial charge is 0.229 e. The monoisotopic (exact) mass is 388 g/mol. The van der Waals surface area contributed by atoms with Gasteiger partial charge in [0.2, 0.25) is 5.91 Å². The quantitative estimate of drug-likeness (QED) is 0.867. The van der Waals surface area contributed by atoms with Crippen LogP contribution in [0.5, 0.6) is 0 Å². The minimum absolute atomic E-state index is 0.0917. The average Bonchev–Trinajstić information content (AvgIpc) is 2.58. The number of nitrogens with zero attached hydrogens (tertiary/aromatic N) is 3. The second kappa shape index (κ2) is 7.75. The van der Waals surface area contributed by atoms with Gasteiger partial charge in [0.05, 0.1) is 6.42 Å². The third-order valence-electron chi connectivity index (χ3n) is 4.18.